The van der Waals surface area contributed by atoms with E-state index in [1.54, 1.807) is 29.5 Å². The third kappa shape index (κ3) is 6.40. The summed E-state index contributed by atoms with van der Waals surface area (Å²) in [6.07, 6.45) is 1.12. The Hall–Kier alpha value is -5.26. The Morgan fingerprint density at radius 1 is 0.964 bits per heavy atom. The Labute approximate surface area is 335 Å². The van der Waals surface area contributed by atoms with E-state index in [1.807, 2.05) is 58.9 Å². The minimum atomic E-state index is -0.527. The number of fused-ring (bicyclic) bond motifs is 4. The van der Waals surface area contributed by atoms with E-state index >= 15 is 4.79 Å². The highest BCUT2D eigenvalue weighted by Crippen LogP contribution is 2.47. The van der Waals surface area contributed by atoms with Crippen LogP contribution in [0, 0.1) is 34.6 Å². The van der Waals surface area contributed by atoms with Crippen molar-refractivity contribution < 1.29 is 28.9 Å². The van der Waals surface area contributed by atoms with Crippen molar-refractivity contribution in [1.29, 1.82) is 0 Å². The van der Waals surface area contributed by atoms with Crippen LogP contribution >= 0.6 is 23.2 Å². The van der Waals surface area contributed by atoms with Crippen molar-refractivity contribution in [3.63, 3.8) is 0 Å². The lowest BCUT2D eigenvalue weighted by Gasteiger charge is -2.35. The second kappa shape index (κ2) is 15.0. The van der Waals surface area contributed by atoms with Crippen molar-refractivity contribution in [2.45, 2.75) is 67.3 Å². The zero-order chi connectivity index (χ0) is 40.3. The van der Waals surface area contributed by atoms with E-state index in [-0.39, 0.29) is 42.3 Å². The number of anilines is 1. The summed E-state index contributed by atoms with van der Waals surface area (Å²) in [5.74, 6) is 0.637. The van der Waals surface area contributed by atoms with Crippen LogP contribution in [0.25, 0.3) is 32.9 Å². The summed E-state index contributed by atoms with van der Waals surface area (Å²) in [6.45, 7) is 14.3. The molecule has 6 aromatic rings. The van der Waals surface area contributed by atoms with Gasteiger partial charge in [-0.05, 0) is 102 Å². The van der Waals surface area contributed by atoms with Crippen LogP contribution in [-0.2, 0) is 18.2 Å². The van der Waals surface area contributed by atoms with Gasteiger partial charge in [0.1, 0.15) is 23.0 Å². The predicted octanol–water partition coefficient (Wildman–Crippen LogP) is 9.56. The highest BCUT2D eigenvalue weighted by atomic mass is 35.5. The van der Waals surface area contributed by atoms with E-state index in [0.717, 1.165) is 60.9 Å². The third-order valence-corrected chi connectivity index (χ3v) is 11.6. The van der Waals surface area contributed by atoms with Crippen molar-refractivity contribution in [3.8, 4) is 28.4 Å². The highest BCUT2D eigenvalue weighted by molar-refractivity contribution is 6.35. The Balaban J connectivity index is 1.41. The quantitative estimate of drug-likeness (QED) is 0.108. The van der Waals surface area contributed by atoms with Crippen LogP contribution in [0.2, 0.25) is 10.0 Å². The maximum absolute atomic E-state index is 15.3. The summed E-state index contributed by atoms with van der Waals surface area (Å²) >= 11 is 13.5. The number of esters is 1. The summed E-state index contributed by atoms with van der Waals surface area (Å²) in [7, 11) is 3.19. The molecule has 11 nitrogen and oxygen atoms in total. The highest BCUT2D eigenvalue weighted by Gasteiger charge is 2.38. The van der Waals surface area contributed by atoms with Crippen molar-refractivity contribution in [2.24, 2.45) is 7.05 Å². The number of nitrogens with zero attached hydrogens (tertiary/aromatic N) is 5. The molecule has 0 aliphatic carbocycles. The molecule has 0 unspecified atom stereocenters. The molecule has 1 amide bonds. The van der Waals surface area contributed by atoms with Gasteiger partial charge in [0.05, 0.1) is 42.1 Å². The standard InChI is InChI=1S/C43H45Cl2N5O6/c1-10-55-43(53)33-18-30-38(48(33)8)32(19-34(51)41(30)54-9)49-20-23(4)50-39-29(13-14-31(44)36(39)35-24(5)46-26(7)47-25(35)6)28(40(50)42(49)52)12-11-15-56-27-16-21(2)37(45)22(3)17-27/h13-14,16-19,23,51H,10-12,15,20H2,1-9H3/t23-/m1/s1. The first-order chi connectivity index (χ1) is 26.7. The number of aromatic nitrogens is 4. The number of methoxy groups -OCH3 is 1. The molecule has 1 aliphatic rings. The van der Waals surface area contributed by atoms with Gasteiger partial charge in [-0.2, -0.15) is 0 Å². The number of ether oxygens (including phenoxy) is 3. The fourth-order valence-corrected chi connectivity index (χ4v) is 8.71. The molecule has 3 aromatic carbocycles. The summed E-state index contributed by atoms with van der Waals surface area (Å²) in [6, 6.07) is 10.6. The van der Waals surface area contributed by atoms with Crippen molar-refractivity contribution >= 4 is 62.6 Å². The van der Waals surface area contributed by atoms with E-state index in [1.165, 1.54) is 13.2 Å². The molecule has 3 aromatic heterocycles. The number of rotatable bonds is 10. The molecule has 13 heteroatoms. The van der Waals surface area contributed by atoms with Crippen LogP contribution in [0.3, 0.4) is 0 Å². The van der Waals surface area contributed by atoms with Gasteiger partial charge >= 0.3 is 5.97 Å². The molecular formula is C43H45Cl2N5O6. The van der Waals surface area contributed by atoms with Crippen LogP contribution in [0.15, 0.2) is 36.4 Å². The first-order valence-electron chi connectivity index (χ1n) is 18.6. The van der Waals surface area contributed by atoms with E-state index in [9.17, 15) is 9.90 Å². The van der Waals surface area contributed by atoms with Crippen molar-refractivity contribution in [3.05, 3.63) is 91.7 Å². The average Bonchev–Trinajstić information content (AvgIpc) is 3.66. The third-order valence-electron chi connectivity index (χ3n) is 10.6. The van der Waals surface area contributed by atoms with Gasteiger partial charge in [0.15, 0.2) is 11.5 Å². The molecule has 56 heavy (non-hydrogen) atoms. The van der Waals surface area contributed by atoms with Crippen molar-refractivity contribution in [1.82, 2.24) is 19.1 Å². The second-order valence-corrected chi connectivity index (χ2v) is 15.2. The number of benzene rings is 3. The van der Waals surface area contributed by atoms with Crippen LogP contribution in [0.1, 0.15) is 81.2 Å². The second-order valence-electron chi connectivity index (χ2n) is 14.4. The number of aromatic hydroxyl groups is 1. The van der Waals surface area contributed by atoms with Gasteiger partial charge in [0.2, 0.25) is 0 Å². The molecule has 1 aliphatic heterocycles. The normalized spacial score (nSPS) is 14.2. The van der Waals surface area contributed by atoms with Crippen LogP contribution < -0.4 is 14.4 Å². The lowest BCUT2D eigenvalue weighted by molar-refractivity contribution is 0.0515. The number of halogens is 2. The average molecular weight is 799 g/mol. The number of aryl methyl sites for hydroxylation is 7. The molecule has 0 saturated carbocycles. The predicted molar refractivity (Wildman–Crippen MR) is 220 cm³/mol. The minimum Gasteiger partial charge on any atom is -0.504 e. The monoisotopic (exact) mass is 797 g/mol. The Morgan fingerprint density at radius 3 is 2.29 bits per heavy atom. The maximum atomic E-state index is 15.3. The van der Waals surface area contributed by atoms with Gasteiger partial charge in [0.25, 0.3) is 5.91 Å². The molecule has 0 spiro atoms. The molecule has 1 atom stereocenters. The minimum absolute atomic E-state index is 0.160. The Kier molecular flexibility index (Phi) is 10.4. The topological polar surface area (TPSA) is 121 Å². The van der Waals surface area contributed by atoms with Gasteiger partial charge in [0, 0.05) is 64.0 Å². The molecule has 0 radical (unpaired) electrons. The summed E-state index contributed by atoms with van der Waals surface area (Å²) in [4.78, 5) is 39.4. The lowest BCUT2D eigenvalue weighted by Crippen LogP contribution is -2.43. The largest absolute Gasteiger partial charge is 0.504 e. The smallest absolute Gasteiger partial charge is 0.354 e. The number of phenolic OH excluding ortho intramolecular Hbond substituents is 1. The number of hydrogen-bond acceptors (Lipinski definition) is 8. The van der Waals surface area contributed by atoms with Gasteiger partial charge in [-0.3, -0.25) is 4.79 Å². The molecule has 4 heterocycles. The van der Waals surface area contributed by atoms with E-state index in [4.69, 9.17) is 47.4 Å². The van der Waals surface area contributed by atoms with Gasteiger partial charge in [-0.1, -0.05) is 29.3 Å². The number of carbonyl (C=O) groups excluding carboxylic acids is 2. The first kappa shape index (κ1) is 39.0. The SMILES string of the molecule is CCOC(=O)c1cc2c(OC)c(O)cc(N3C[C@@H](C)n4c(c(CCCOc5cc(C)c(Cl)c(C)c5)c5ccc(Cl)c(-c6c(C)nc(C)nc6C)c54)C3=O)c2n1C. The van der Waals surface area contributed by atoms with E-state index in [0.29, 0.717) is 52.6 Å². The van der Waals surface area contributed by atoms with Gasteiger partial charge in [-0.15, -0.1) is 0 Å². The zero-order valence-corrected chi connectivity index (χ0v) is 34.6. The summed E-state index contributed by atoms with van der Waals surface area (Å²) < 4.78 is 21.0. The number of carbonyl (C=O) groups is 2. The van der Waals surface area contributed by atoms with E-state index < -0.39 is 5.97 Å². The van der Waals surface area contributed by atoms with Gasteiger partial charge in [-0.25, -0.2) is 14.8 Å². The molecule has 0 bridgehead atoms. The van der Waals surface area contributed by atoms with Crippen LogP contribution in [-0.4, -0.2) is 63.0 Å². The van der Waals surface area contributed by atoms with Crippen LogP contribution in [0.5, 0.6) is 17.2 Å². The lowest BCUT2D eigenvalue weighted by atomic mass is 9.97. The molecule has 292 valence electrons. The first-order valence-corrected chi connectivity index (χ1v) is 19.4. The fraction of sp³-hybridized carbons (Fsp3) is 0.349. The number of phenols is 1. The Bertz CT molecular complexity index is 2550. The molecular weight excluding hydrogens is 753 g/mol. The molecule has 0 fully saturated rings. The van der Waals surface area contributed by atoms with E-state index in [2.05, 4.69) is 11.5 Å². The summed E-state index contributed by atoms with van der Waals surface area (Å²) in [5, 5.41) is 13.9. The maximum Gasteiger partial charge on any atom is 0.354 e. The molecule has 1 N–H and O–H groups in total. The van der Waals surface area contributed by atoms with Gasteiger partial charge < -0.3 is 33.4 Å². The molecule has 7 rings (SSSR count). The Morgan fingerprint density at radius 2 is 1.64 bits per heavy atom. The summed E-state index contributed by atoms with van der Waals surface area (Å²) in [5.41, 5.74) is 8.48. The fourth-order valence-electron chi connectivity index (χ4n) is 8.36. The van der Waals surface area contributed by atoms with Crippen molar-refractivity contribution in [2.75, 3.05) is 31.8 Å². The zero-order valence-electron chi connectivity index (χ0n) is 33.1. The van der Waals surface area contributed by atoms with Crippen LogP contribution in [0.4, 0.5) is 5.69 Å². The molecule has 0 saturated heterocycles. The number of amides is 1. The number of hydrogen-bond donors (Lipinski definition) is 1.